The highest BCUT2D eigenvalue weighted by atomic mass is 16.5. The standard InChI is InChI=1S/C19H26N2O3/c1-15(22)21(18-9-13-24-14-10-18)17-7-11-20(12-8-17)19(23)16-5-3-2-4-6-16/h2-6,17-18H,7-14H2,1H3. The van der Waals surface area contributed by atoms with E-state index in [4.69, 9.17) is 4.74 Å². The third kappa shape index (κ3) is 3.78. The molecule has 0 unspecified atom stereocenters. The molecule has 5 heteroatoms. The average molecular weight is 330 g/mol. The molecular formula is C19H26N2O3. The Labute approximate surface area is 143 Å². The Morgan fingerprint density at radius 1 is 1.00 bits per heavy atom. The monoisotopic (exact) mass is 330 g/mol. The lowest BCUT2D eigenvalue weighted by atomic mass is 9.97. The van der Waals surface area contributed by atoms with Crippen LogP contribution in [-0.4, -0.2) is 60.0 Å². The maximum Gasteiger partial charge on any atom is 0.253 e. The SMILES string of the molecule is CC(=O)N(C1CCOCC1)C1CCN(C(=O)c2ccccc2)CC1. The smallest absolute Gasteiger partial charge is 0.253 e. The molecule has 1 aromatic rings. The van der Waals surface area contributed by atoms with Gasteiger partial charge in [-0.1, -0.05) is 18.2 Å². The normalized spacial score (nSPS) is 20.0. The van der Waals surface area contributed by atoms with Gasteiger partial charge in [-0.05, 0) is 37.8 Å². The van der Waals surface area contributed by atoms with Gasteiger partial charge in [0.1, 0.15) is 0 Å². The molecular weight excluding hydrogens is 304 g/mol. The Morgan fingerprint density at radius 2 is 1.58 bits per heavy atom. The van der Waals surface area contributed by atoms with Crippen LogP contribution in [0.15, 0.2) is 30.3 Å². The molecule has 1 aromatic carbocycles. The van der Waals surface area contributed by atoms with Gasteiger partial charge in [-0.3, -0.25) is 9.59 Å². The van der Waals surface area contributed by atoms with Crippen molar-refractivity contribution < 1.29 is 14.3 Å². The number of carbonyl (C=O) groups is 2. The predicted molar refractivity (Wildman–Crippen MR) is 91.7 cm³/mol. The lowest BCUT2D eigenvalue weighted by Crippen LogP contribution is -2.53. The highest BCUT2D eigenvalue weighted by Crippen LogP contribution is 2.24. The lowest BCUT2D eigenvalue weighted by Gasteiger charge is -2.43. The minimum Gasteiger partial charge on any atom is -0.381 e. The number of rotatable bonds is 3. The molecule has 2 aliphatic rings. The molecule has 0 bridgehead atoms. The van der Waals surface area contributed by atoms with E-state index in [0.717, 1.165) is 44.5 Å². The van der Waals surface area contributed by atoms with Crippen LogP contribution in [0.3, 0.4) is 0 Å². The van der Waals surface area contributed by atoms with Gasteiger partial charge in [-0.15, -0.1) is 0 Å². The van der Waals surface area contributed by atoms with Crippen LogP contribution >= 0.6 is 0 Å². The molecule has 0 aliphatic carbocycles. The first-order valence-electron chi connectivity index (χ1n) is 8.88. The van der Waals surface area contributed by atoms with Crippen molar-refractivity contribution in [2.24, 2.45) is 0 Å². The fraction of sp³-hybridized carbons (Fsp3) is 0.579. The molecule has 0 saturated carbocycles. The quantitative estimate of drug-likeness (QED) is 0.854. The van der Waals surface area contributed by atoms with Crippen LogP contribution in [0.4, 0.5) is 0 Å². The van der Waals surface area contributed by atoms with E-state index in [1.165, 1.54) is 0 Å². The summed E-state index contributed by atoms with van der Waals surface area (Å²) < 4.78 is 5.42. The largest absolute Gasteiger partial charge is 0.381 e. The molecule has 2 heterocycles. The number of benzene rings is 1. The van der Waals surface area contributed by atoms with Crippen molar-refractivity contribution in [2.75, 3.05) is 26.3 Å². The third-order valence-corrected chi connectivity index (χ3v) is 5.11. The number of ether oxygens (including phenoxy) is 1. The van der Waals surface area contributed by atoms with Gasteiger partial charge < -0.3 is 14.5 Å². The van der Waals surface area contributed by atoms with Crippen molar-refractivity contribution in [3.63, 3.8) is 0 Å². The topological polar surface area (TPSA) is 49.9 Å². The van der Waals surface area contributed by atoms with Gasteiger partial charge >= 0.3 is 0 Å². The van der Waals surface area contributed by atoms with Crippen LogP contribution < -0.4 is 0 Å². The van der Waals surface area contributed by atoms with Crippen molar-refractivity contribution in [2.45, 2.75) is 44.7 Å². The lowest BCUT2D eigenvalue weighted by molar-refractivity contribution is -0.137. The first-order chi connectivity index (χ1) is 11.7. The summed E-state index contributed by atoms with van der Waals surface area (Å²) in [4.78, 5) is 28.7. The minimum absolute atomic E-state index is 0.0921. The van der Waals surface area contributed by atoms with Crippen molar-refractivity contribution in [1.29, 1.82) is 0 Å². The van der Waals surface area contributed by atoms with Crippen LogP contribution in [0.5, 0.6) is 0 Å². The molecule has 2 saturated heterocycles. The van der Waals surface area contributed by atoms with Gasteiger partial charge in [0.2, 0.25) is 5.91 Å². The van der Waals surface area contributed by atoms with Crippen LogP contribution in [0.1, 0.15) is 43.0 Å². The van der Waals surface area contributed by atoms with Crippen molar-refractivity contribution in [3.8, 4) is 0 Å². The zero-order chi connectivity index (χ0) is 16.9. The Morgan fingerprint density at radius 3 is 2.17 bits per heavy atom. The first-order valence-corrected chi connectivity index (χ1v) is 8.88. The van der Waals surface area contributed by atoms with Gasteiger partial charge in [0.25, 0.3) is 5.91 Å². The zero-order valence-electron chi connectivity index (χ0n) is 14.3. The highest BCUT2D eigenvalue weighted by molar-refractivity contribution is 5.94. The van der Waals surface area contributed by atoms with Crippen LogP contribution in [-0.2, 0) is 9.53 Å². The third-order valence-electron chi connectivity index (χ3n) is 5.11. The second kappa shape index (κ2) is 7.79. The molecule has 130 valence electrons. The van der Waals surface area contributed by atoms with Crippen molar-refractivity contribution >= 4 is 11.8 Å². The summed E-state index contributed by atoms with van der Waals surface area (Å²) in [6.45, 7) is 4.56. The number of hydrogen-bond donors (Lipinski definition) is 0. The number of hydrogen-bond acceptors (Lipinski definition) is 3. The van der Waals surface area contributed by atoms with Crippen molar-refractivity contribution in [3.05, 3.63) is 35.9 Å². The molecule has 5 nitrogen and oxygen atoms in total. The predicted octanol–water partition coefficient (Wildman–Crippen LogP) is 2.32. The maximum absolute atomic E-state index is 12.5. The average Bonchev–Trinajstić information content (AvgIpc) is 2.63. The summed E-state index contributed by atoms with van der Waals surface area (Å²) >= 11 is 0. The fourth-order valence-electron chi connectivity index (χ4n) is 3.89. The number of likely N-dealkylation sites (tertiary alicyclic amines) is 1. The second-order valence-corrected chi connectivity index (χ2v) is 6.66. The van der Waals surface area contributed by atoms with Gasteiger partial charge in [0, 0.05) is 50.9 Å². The van der Waals surface area contributed by atoms with Gasteiger partial charge in [-0.25, -0.2) is 0 Å². The fourth-order valence-corrected chi connectivity index (χ4v) is 3.89. The summed E-state index contributed by atoms with van der Waals surface area (Å²) in [7, 11) is 0. The van der Waals surface area contributed by atoms with E-state index in [1.54, 1.807) is 6.92 Å². The molecule has 2 fully saturated rings. The molecule has 3 rings (SSSR count). The van der Waals surface area contributed by atoms with E-state index < -0.39 is 0 Å². The molecule has 0 atom stereocenters. The molecule has 24 heavy (non-hydrogen) atoms. The Bertz CT molecular complexity index is 561. The van der Waals surface area contributed by atoms with E-state index >= 15 is 0 Å². The summed E-state index contributed by atoms with van der Waals surface area (Å²) in [5.41, 5.74) is 0.740. The van der Waals surface area contributed by atoms with Gasteiger partial charge in [0.15, 0.2) is 0 Å². The minimum atomic E-state index is 0.0921. The van der Waals surface area contributed by atoms with E-state index in [-0.39, 0.29) is 23.9 Å². The van der Waals surface area contributed by atoms with E-state index in [0.29, 0.717) is 13.1 Å². The molecule has 2 aliphatic heterocycles. The number of amides is 2. The van der Waals surface area contributed by atoms with Crippen molar-refractivity contribution in [1.82, 2.24) is 9.80 Å². The summed E-state index contributed by atoms with van der Waals surface area (Å²) in [6.07, 6.45) is 3.55. The Balaban J connectivity index is 1.60. The first kappa shape index (κ1) is 17.0. The second-order valence-electron chi connectivity index (χ2n) is 6.66. The van der Waals surface area contributed by atoms with Crippen LogP contribution in [0.2, 0.25) is 0 Å². The van der Waals surface area contributed by atoms with Gasteiger partial charge in [0.05, 0.1) is 0 Å². The molecule has 0 aromatic heterocycles. The Hall–Kier alpha value is -1.88. The van der Waals surface area contributed by atoms with E-state index in [1.807, 2.05) is 35.2 Å². The highest BCUT2D eigenvalue weighted by Gasteiger charge is 2.33. The molecule has 0 N–H and O–H groups in total. The van der Waals surface area contributed by atoms with E-state index in [2.05, 4.69) is 4.90 Å². The Kier molecular flexibility index (Phi) is 5.51. The molecule has 0 radical (unpaired) electrons. The van der Waals surface area contributed by atoms with E-state index in [9.17, 15) is 9.59 Å². The zero-order valence-corrected chi connectivity index (χ0v) is 14.3. The van der Waals surface area contributed by atoms with Crippen LogP contribution in [0.25, 0.3) is 0 Å². The maximum atomic E-state index is 12.5. The van der Waals surface area contributed by atoms with Gasteiger partial charge in [-0.2, -0.15) is 0 Å². The number of piperidine rings is 1. The molecule has 2 amide bonds. The summed E-state index contributed by atoms with van der Waals surface area (Å²) in [5.74, 6) is 0.240. The number of nitrogens with zero attached hydrogens (tertiary/aromatic N) is 2. The van der Waals surface area contributed by atoms with Crippen LogP contribution in [0, 0.1) is 0 Å². The summed E-state index contributed by atoms with van der Waals surface area (Å²) in [5, 5.41) is 0. The molecule has 0 spiro atoms. The number of carbonyl (C=O) groups excluding carboxylic acids is 2. The summed E-state index contributed by atoms with van der Waals surface area (Å²) in [6, 6.07) is 9.95.